The zero-order chi connectivity index (χ0) is 16.8. The van der Waals surface area contributed by atoms with Crippen LogP contribution in [0.1, 0.15) is 5.69 Å². The van der Waals surface area contributed by atoms with Gasteiger partial charge in [-0.3, -0.25) is 4.79 Å². The van der Waals surface area contributed by atoms with Crippen LogP contribution in [0.4, 0.5) is 0 Å². The number of aromatic nitrogens is 4. The molecule has 0 unspecified atom stereocenters. The fourth-order valence-corrected chi connectivity index (χ4v) is 3.54. The zero-order valence-electron chi connectivity index (χ0n) is 12.4. The first-order valence-electron chi connectivity index (χ1n) is 7.02. The molecular weight excluding hydrogens is 367 g/mol. The van der Waals surface area contributed by atoms with Gasteiger partial charge in [0, 0.05) is 17.1 Å². The minimum atomic E-state index is -0.232. The molecule has 0 amide bonds. The highest BCUT2D eigenvalue weighted by molar-refractivity contribution is 7.13. The molecule has 1 aromatic carbocycles. The van der Waals surface area contributed by atoms with E-state index in [2.05, 4.69) is 15.1 Å². The highest BCUT2D eigenvalue weighted by Gasteiger charge is 2.14. The minimum absolute atomic E-state index is 0.232. The lowest BCUT2D eigenvalue weighted by atomic mass is 10.1. The normalized spacial score (nSPS) is 11.3. The van der Waals surface area contributed by atoms with Crippen molar-refractivity contribution in [2.75, 3.05) is 0 Å². The van der Waals surface area contributed by atoms with Crippen LogP contribution in [0.3, 0.4) is 0 Å². The Morgan fingerprint density at radius 1 is 1.21 bits per heavy atom. The van der Waals surface area contributed by atoms with Crippen molar-refractivity contribution < 1.29 is 0 Å². The maximum absolute atomic E-state index is 12.4. The Balaban J connectivity index is 1.95. The molecule has 24 heavy (non-hydrogen) atoms. The summed E-state index contributed by atoms with van der Waals surface area (Å²) in [4.78, 5) is 20.1. The van der Waals surface area contributed by atoms with Gasteiger partial charge in [0.25, 0.3) is 5.56 Å². The van der Waals surface area contributed by atoms with Gasteiger partial charge in [-0.2, -0.15) is 9.61 Å². The largest absolute Gasteiger partial charge is 0.339 e. The standard InChI is InChI=1S/C16H10Cl2N4OS/c1-8-7-24-16(20-8)10-6-19-22-14(23)5-13(21-15(10)22)9-2-3-11(17)12(18)4-9/h2-7,21H,1H3. The van der Waals surface area contributed by atoms with Gasteiger partial charge in [0.1, 0.15) is 10.7 Å². The third kappa shape index (κ3) is 2.53. The van der Waals surface area contributed by atoms with E-state index in [4.69, 9.17) is 23.2 Å². The lowest BCUT2D eigenvalue weighted by molar-refractivity contribution is 0.901. The van der Waals surface area contributed by atoms with E-state index in [1.165, 1.54) is 21.9 Å². The number of H-pyrrole nitrogens is 1. The molecule has 4 rings (SSSR count). The molecule has 0 aliphatic carbocycles. The number of nitrogens with one attached hydrogen (secondary N) is 1. The molecule has 0 bridgehead atoms. The van der Waals surface area contributed by atoms with Crippen LogP contribution < -0.4 is 5.56 Å². The minimum Gasteiger partial charge on any atom is -0.339 e. The van der Waals surface area contributed by atoms with E-state index in [9.17, 15) is 4.79 Å². The number of aryl methyl sites for hydroxylation is 1. The lowest BCUT2D eigenvalue weighted by Crippen LogP contribution is -2.14. The van der Waals surface area contributed by atoms with Crippen LogP contribution in [-0.4, -0.2) is 19.6 Å². The molecule has 0 saturated heterocycles. The maximum atomic E-state index is 12.4. The molecule has 0 saturated carbocycles. The molecule has 3 heterocycles. The fourth-order valence-electron chi connectivity index (χ4n) is 2.44. The summed E-state index contributed by atoms with van der Waals surface area (Å²) in [6.45, 7) is 1.93. The molecule has 0 spiro atoms. The molecule has 0 atom stereocenters. The first-order valence-corrected chi connectivity index (χ1v) is 8.65. The van der Waals surface area contributed by atoms with Crippen molar-refractivity contribution in [3.8, 4) is 21.8 Å². The summed E-state index contributed by atoms with van der Waals surface area (Å²) in [6.07, 6.45) is 1.64. The number of halogens is 2. The Labute approximate surface area is 150 Å². The van der Waals surface area contributed by atoms with E-state index in [1.54, 1.807) is 24.4 Å². The predicted octanol–water partition coefficient (Wildman–Crippen LogP) is 4.43. The zero-order valence-corrected chi connectivity index (χ0v) is 14.7. The fraction of sp³-hybridized carbons (Fsp3) is 0.0625. The van der Waals surface area contributed by atoms with Crippen molar-refractivity contribution in [3.05, 3.63) is 61.9 Å². The summed E-state index contributed by atoms with van der Waals surface area (Å²) in [5, 5.41) is 7.83. The van der Waals surface area contributed by atoms with E-state index < -0.39 is 0 Å². The van der Waals surface area contributed by atoms with Crippen molar-refractivity contribution in [2.24, 2.45) is 0 Å². The summed E-state index contributed by atoms with van der Waals surface area (Å²) in [5.41, 5.74) is 3.49. The van der Waals surface area contributed by atoms with E-state index in [0.29, 0.717) is 21.4 Å². The third-order valence-electron chi connectivity index (χ3n) is 3.58. The Morgan fingerprint density at radius 2 is 2.04 bits per heavy atom. The summed E-state index contributed by atoms with van der Waals surface area (Å²) in [7, 11) is 0. The van der Waals surface area contributed by atoms with E-state index in [-0.39, 0.29) is 5.56 Å². The molecule has 4 aromatic rings. The van der Waals surface area contributed by atoms with Gasteiger partial charge in [0.15, 0.2) is 0 Å². The van der Waals surface area contributed by atoms with Crippen LogP contribution in [0.2, 0.25) is 10.0 Å². The van der Waals surface area contributed by atoms with E-state index >= 15 is 0 Å². The van der Waals surface area contributed by atoms with Crippen molar-refractivity contribution in [3.63, 3.8) is 0 Å². The maximum Gasteiger partial charge on any atom is 0.274 e. The smallest absolute Gasteiger partial charge is 0.274 e. The molecule has 8 heteroatoms. The number of aromatic amines is 1. The number of benzene rings is 1. The van der Waals surface area contributed by atoms with Gasteiger partial charge in [-0.05, 0) is 24.6 Å². The third-order valence-corrected chi connectivity index (χ3v) is 5.31. The van der Waals surface area contributed by atoms with Crippen LogP contribution in [0.15, 0.2) is 40.6 Å². The topological polar surface area (TPSA) is 63.1 Å². The average Bonchev–Trinajstić information content (AvgIpc) is 3.16. The molecule has 5 nitrogen and oxygen atoms in total. The first-order chi connectivity index (χ1) is 11.5. The number of nitrogens with zero attached hydrogens (tertiary/aromatic N) is 3. The van der Waals surface area contributed by atoms with Crippen molar-refractivity contribution in [1.82, 2.24) is 19.6 Å². The summed E-state index contributed by atoms with van der Waals surface area (Å²) < 4.78 is 1.33. The number of thiazole rings is 1. The van der Waals surface area contributed by atoms with E-state index in [1.807, 2.05) is 12.3 Å². The van der Waals surface area contributed by atoms with Crippen LogP contribution in [0.5, 0.6) is 0 Å². The molecule has 0 aliphatic rings. The molecule has 1 N–H and O–H groups in total. The van der Waals surface area contributed by atoms with Crippen LogP contribution in [-0.2, 0) is 0 Å². The Kier molecular flexibility index (Phi) is 3.68. The van der Waals surface area contributed by atoms with E-state index in [0.717, 1.165) is 21.8 Å². The van der Waals surface area contributed by atoms with Crippen molar-refractivity contribution >= 4 is 40.2 Å². The molecule has 120 valence electrons. The van der Waals surface area contributed by atoms with Gasteiger partial charge in [0.05, 0.1) is 27.5 Å². The Hall–Kier alpha value is -2.15. The van der Waals surface area contributed by atoms with Gasteiger partial charge < -0.3 is 4.98 Å². The summed E-state index contributed by atoms with van der Waals surface area (Å²) >= 11 is 13.5. The summed E-state index contributed by atoms with van der Waals surface area (Å²) in [6, 6.07) is 6.70. The average molecular weight is 377 g/mol. The van der Waals surface area contributed by atoms with Gasteiger partial charge in [0.2, 0.25) is 0 Å². The summed E-state index contributed by atoms with van der Waals surface area (Å²) in [5.74, 6) is 0. The molecule has 0 radical (unpaired) electrons. The second-order valence-corrected chi connectivity index (χ2v) is 6.94. The number of rotatable bonds is 2. The molecule has 3 aromatic heterocycles. The monoisotopic (exact) mass is 376 g/mol. The van der Waals surface area contributed by atoms with Crippen LogP contribution in [0, 0.1) is 6.92 Å². The number of fused-ring (bicyclic) bond motifs is 1. The second-order valence-electron chi connectivity index (χ2n) is 5.26. The highest BCUT2D eigenvalue weighted by Crippen LogP contribution is 2.29. The molecular formula is C16H10Cl2N4OS. The van der Waals surface area contributed by atoms with Gasteiger partial charge in [-0.15, -0.1) is 11.3 Å². The highest BCUT2D eigenvalue weighted by atomic mass is 35.5. The van der Waals surface area contributed by atoms with Crippen LogP contribution in [0.25, 0.3) is 27.5 Å². The first kappa shape index (κ1) is 15.4. The number of hydrogen-bond donors (Lipinski definition) is 1. The van der Waals surface area contributed by atoms with Crippen molar-refractivity contribution in [2.45, 2.75) is 6.92 Å². The van der Waals surface area contributed by atoms with Gasteiger partial charge >= 0.3 is 0 Å². The molecule has 0 fully saturated rings. The van der Waals surface area contributed by atoms with Gasteiger partial charge in [-0.1, -0.05) is 29.3 Å². The predicted molar refractivity (Wildman–Crippen MR) is 97.1 cm³/mol. The van der Waals surface area contributed by atoms with Gasteiger partial charge in [-0.25, -0.2) is 4.98 Å². The molecule has 0 aliphatic heterocycles. The quantitative estimate of drug-likeness (QED) is 0.562. The second kappa shape index (κ2) is 5.73. The number of hydrogen-bond acceptors (Lipinski definition) is 4. The Morgan fingerprint density at radius 3 is 2.75 bits per heavy atom. The Bertz CT molecular complexity index is 1130. The van der Waals surface area contributed by atoms with Crippen molar-refractivity contribution in [1.29, 1.82) is 0 Å². The van der Waals surface area contributed by atoms with Crippen LogP contribution >= 0.6 is 34.5 Å². The SMILES string of the molecule is Cc1csc(-c2cnn3c(=O)cc(-c4ccc(Cl)c(Cl)c4)[nH]c23)n1. The lowest BCUT2D eigenvalue weighted by Gasteiger charge is -2.05.